The second-order valence-corrected chi connectivity index (χ2v) is 21.1. The number of carbonyl (C=O) groups excluding carboxylic acids is 2. The predicted octanol–water partition coefficient (Wildman–Crippen LogP) is 14.4. The van der Waals surface area contributed by atoms with Crippen LogP contribution < -0.4 is 5.32 Å². The van der Waals surface area contributed by atoms with Crippen LogP contribution in [0.2, 0.25) is 0 Å². The first-order valence-corrected chi connectivity index (χ1v) is 30.7. The van der Waals surface area contributed by atoms with Crippen LogP contribution in [0.15, 0.2) is 72.9 Å². The van der Waals surface area contributed by atoms with Gasteiger partial charge in [0.2, 0.25) is 5.91 Å². The fraction of sp³-hybridized carbons (Fsp3) is 0.781. The number of hydrogen-bond acceptors (Lipinski definition) is 10. The summed E-state index contributed by atoms with van der Waals surface area (Å²) < 4.78 is 17.6. The van der Waals surface area contributed by atoms with E-state index in [2.05, 4.69) is 68.6 Å². The van der Waals surface area contributed by atoms with E-state index >= 15 is 0 Å². The van der Waals surface area contributed by atoms with Gasteiger partial charge < -0.3 is 45.1 Å². The summed E-state index contributed by atoms with van der Waals surface area (Å²) in [5.74, 6) is -1.22. The zero-order valence-corrected chi connectivity index (χ0v) is 47.9. The summed E-state index contributed by atoms with van der Waals surface area (Å²) in [6.07, 6.45) is 55.1. The van der Waals surface area contributed by atoms with Crippen molar-refractivity contribution >= 4 is 11.9 Å². The van der Waals surface area contributed by atoms with Gasteiger partial charge in [0, 0.05) is 6.42 Å². The lowest BCUT2D eigenvalue weighted by Gasteiger charge is -2.41. The first kappa shape index (κ1) is 70.1. The molecule has 1 fully saturated rings. The molecule has 75 heavy (non-hydrogen) atoms. The van der Waals surface area contributed by atoms with Crippen molar-refractivity contribution in [1.82, 2.24) is 5.32 Å². The number of nitrogens with one attached hydrogen (secondary N) is 1. The zero-order chi connectivity index (χ0) is 54.7. The van der Waals surface area contributed by atoms with E-state index < -0.39 is 67.4 Å². The molecule has 0 radical (unpaired) electrons. The van der Waals surface area contributed by atoms with Crippen LogP contribution in [0.5, 0.6) is 0 Å². The average molecular weight is 1060 g/mol. The van der Waals surface area contributed by atoms with Gasteiger partial charge in [-0.05, 0) is 77.0 Å². The van der Waals surface area contributed by atoms with Crippen LogP contribution in [-0.4, -0.2) is 99.6 Å². The Morgan fingerprint density at radius 3 is 1.56 bits per heavy atom. The SMILES string of the molecule is CC/C=C/C=C/C=C\CCCCCCCC(=O)OC1C(OCC(NC(=O)C(O)CCCCCCCCCCCC/C=C\C/C=C\CCCCC)C(O)/C=C/CCCCCCCCCCCCC)OC(CO)C(O)C1O. The predicted molar refractivity (Wildman–Crippen MR) is 310 cm³/mol. The lowest BCUT2D eigenvalue weighted by molar-refractivity contribution is -0.305. The van der Waals surface area contributed by atoms with Gasteiger partial charge in [-0.15, -0.1) is 0 Å². The zero-order valence-electron chi connectivity index (χ0n) is 47.9. The number of allylic oxidation sites excluding steroid dienone is 11. The number of esters is 1. The molecule has 11 heteroatoms. The molecule has 0 aromatic carbocycles. The van der Waals surface area contributed by atoms with Crippen molar-refractivity contribution in [2.45, 2.75) is 307 Å². The fourth-order valence-corrected chi connectivity index (χ4v) is 9.27. The van der Waals surface area contributed by atoms with Gasteiger partial charge in [0.15, 0.2) is 12.4 Å². The molecule has 0 bridgehead atoms. The first-order chi connectivity index (χ1) is 36.7. The fourth-order valence-electron chi connectivity index (χ4n) is 9.27. The summed E-state index contributed by atoms with van der Waals surface area (Å²) in [6, 6.07) is -1.03. The van der Waals surface area contributed by atoms with E-state index in [0.29, 0.717) is 12.8 Å². The number of ether oxygens (including phenoxy) is 3. The maximum absolute atomic E-state index is 13.4. The molecule has 434 valence electrons. The van der Waals surface area contributed by atoms with Gasteiger partial charge in [-0.1, -0.05) is 248 Å². The molecule has 11 nitrogen and oxygen atoms in total. The molecule has 1 amide bonds. The third-order valence-electron chi connectivity index (χ3n) is 14.2. The Kier molecular flexibility index (Phi) is 48.5. The molecule has 0 aromatic heterocycles. The lowest BCUT2D eigenvalue weighted by Crippen LogP contribution is -2.61. The number of carbonyl (C=O) groups is 2. The van der Waals surface area contributed by atoms with Gasteiger partial charge >= 0.3 is 5.97 Å². The number of aliphatic hydroxyl groups excluding tert-OH is 5. The lowest BCUT2D eigenvalue weighted by atomic mass is 9.99. The summed E-state index contributed by atoms with van der Waals surface area (Å²) >= 11 is 0. The first-order valence-electron chi connectivity index (χ1n) is 30.7. The molecule has 1 heterocycles. The van der Waals surface area contributed by atoms with Crippen molar-refractivity contribution in [3.63, 3.8) is 0 Å². The molecule has 1 saturated heterocycles. The van der Waals surface area contributed by atoms with Gasteiger partial charge in [0.05, 0.1) is 25.4 Å². The Labute approximate surface area is 458 Å². The molecule has 0 aromatic rings. The smallest absolute Gasteiger partial charge is 0.306 e. The van der Waals surface area contributed by atoms with Crippen molar-refractivity contribution in [2.75, 3.05) is 13.2 Å². The second kappa shape index (κ2) is 51.8. The van der Waals surface area contributed by atoms with E-state index in [4.69, 9.17) is 14.2 Å². The Morgan fingerprint density at radius 1 is 0.547 bits per heavy atom. The Balaban J connectivity index is 2.69. The summed E-state index contributed by atoms with van der Waals surface area (Å²) in [5, 5.41) is 56.9. The van der Waals surface area contributed by atoms with E-state index in [1.807, 2.05) is 24.3 Å². The maximum atomic E-state index is 13.4. The topological polar surface area (TPSA) is 175 Å². The highest BCUT2D eigenvalue weighted by molar-refractivity contribution is 5.80. The largest absolute Gasteiger partial charge is 0.454 e. The monoisotopic (exact) mass is 1060 g/mol. The van der Waals surface area contributed by atoms with Crippen LogP contribution in [0.1, 0.15) is 258 Å². The quantitative estimate of drug-likeness (QED) is 0.0149. The average Bonchev–Trinajstić information content (AvgIpc) is 3.41. The van der Waals surface area contributed by atoms with Gasteiger partial charge in [-0.25, -0.2) is 0 Å². The van der Waals surface area contributed by atoms with Crippen molar-refractivity contribution in [2.24, 2.45) is 0 Å². The molecular weight excluding hydrogens is 943 g/mol. The van der Waals surface area contributed by atoms with Crippen LogP contribution in [-0.2, 0) is 23.8 Å². The third kappa shape index (κ3) is 40.0. The molecule has 1 aliphatic heterocycles. The molecular formula is C64H113NO10. The molecule has 8 atom stereocenters. The van der Waals surface area contributed by atoms with Crippen molar-refractivity contribution in [3.05, 3.63) is 72.9 Å². The highest BCUT2D eigenvalue weighted by atomic mass is 16.7. The molecule has 0 aliphatic carbocycles. The van der Waals surface area contributed by atoms with Crippen molar-refractivity contribution in [1.29, 1.82) is 0 Å². The summed E-state index contributed by atoms with van der Waals surface area (Å²) in [6.45, 7) is 5.62. The highest BCUT2D eigenvalue weighted by Crippen LogP contribution is 2.26. The van der Waals surface area contributed by atoms with Gasteiger partial charge in [0.1, 0.15) is 24.4 Å². The Hall–Kier alpha value is -2.90. The summed E-state index contributed by atoms with van der Waals surface area (Å²) in [7, 11) is 0. The van der Waals surface area contributed by atoms with Gasteiger partial charge in [0.25, 0.3) is 0 Å². The number of amides is 1. The molecule has 0 saturated carbocycles. The van der Waals surface area contributed by atoms with Crippen molar-refractivity contribution < 1.29 is 49.3 Å². The van der Waals surface area contributed by atoms with Gasteiger partial charge in [-0.3, -0.25) is 9.59 Å². The standard InChI is InChI=1S/C64H113NO10/c1-4-7-10-13-16-19-22-25-26-27-28-29-30-31-34-36-39-42-45-48-51-57(68)63(72)65-55(56(67)50-47-44-41-38-35-32-23-20-17-14-11-8-5-2)54-73-64-62(61(71)60(70)58(53-66)74-64)75-59(69)52-49-46-43-40-37-33-24-21-18-15-12-9-6-3/h9,12,15-16,18-19,21,24-26,47,50,55-58,60-62,64,66-68,70-71H,4-8,10-11,13-14,17,20,22-23,27-46,48-49,51-54H2,1-3H3,(H,65,72)/b12-9+,18-15+,19-16-,24-21-,26-25-,50-47+. The number of rotatable bonds is 51. The minimum Gasteiger partial charge on any atom is -0.454 e. The maximum Gasteiger partial charge on any atom is 0.306 e. The van der Waals surface area contributed by atoms with Crippen molar-refractivity contribution in [3.8, 4) is 0 Å². The number of aliphatic hydroxyl groups is 5. The molecule has 0 spiro atoms. The highest BCUT2D eigenvalue weighted by Gasteiger charge is 2.47. The van der Waals surface area contributed by atoms with E-state index in [1.165, 1.54) is 122 Å². The number of unbranched alkanes of at least 4 members (excludes halogenated alkanes) is 29. The van der Waals surface area contributed by atoms with E-state index in [-0.39, 0.29) is 19.4 Å². The third-order valence-corrected chi connectivity index (χ3v) is 14.2. The molecule has 1 aliphatic rings. The summed E-state index contributed by atoms with van der Waals surface area (Å²) in [5.41, 5.74) is 0. The normalized spacial score (nSPS) is 19.7. The second-order valence-electron chi connectivity index (χ2n) is 21.1. The Morgan fingerprint density at radius 2 is 1.01 bits per heavy atom. The van der Waals surface area contributed by atoms with Crippen LogP contribution in [0.25, 0.3) is 0 Å². The molecule has 8 unspecified atom stereocenters. The van der Waals surface area contributed by atoms with E-state index in [0.717, 1.165) is 89.9 Å². The minimum atomic E-state index is -1.62. The molecule has 1 rings (SSSR count). The van der Waals surface area contributed by atoms with Gasteiger partial charge in [-0.2, -0.15) is 0 Å². The van der Waals surface area contributed by atoms with Crippen LogP contribution in [0.4, 0.5) is 0 Å². The minimum absolute atomic E-state index is 0.0984. The molecule has 6 N–H and O–H groups in total. The number of hydrogen-bond donors (Lipinski definition) is 6. The Bertz CT molecular complexity index is 1490. The van der Waals surface area contributed by atoms with E-state index in [1.54, 1.807) is 6.08 Å². The van der Waals surface area contributed by atoms with Crippen LogP contribution >= 0.6 is 0 Å². The van der Waals surface area contributed by atoms with Crippen LogP contribution in [0.3, 0.4) is 0 Å². The van der Waals surface area contributed by atoms with E-state index in [9.17, 15) is 35.1 Å². The summed E-state index contributed by atoms with van der Waals surface area (Å²) in [4.78, 5) is 26.5. The van der Waals surface area contributed by atoms with Crippen LogP contribution in [0, 0.1) is 0 Å².